The first-order valence-electron chi connectivity index (χ1n) is 7.87. The lowest BCUT2D eigenvalue weighted by molar-refractivity contribution is 0.164. The van der Waals surface area contributed by atoms with Gasteiger partial charge in [0.1, 0.15) is 5.75 Å². The molecule has 0 spiro atoms. The quantitative estimate of drug-likeness (QED) is 0.792. The van der Waals surface area contributed by atoms with Crippen LogP contribution in [0.3, 0.4) is 0 Å². The normalized spacial score (nSPS) is 17.0. The minimum Gasteiger partial charge on any atom is -0.494 e. The number of rotatable bonds is 8. The molecular formula is C17H28N2O. The van der Waals surface area contributed by atoms with Crippen molar-refractivity contribution in [3.05, 3.63) is 29.8 Å². The van der Waals surface area contributed by atoms with E-state index in [0.717, 1.165) is 31.2 Å². The molecule has 0 radical (unpaired) electrons. The summed E-state index contributed by atoms with van der Waals surface area (Å²) in [5.74, 6) is 1.83. The van der Waals surface area contributed by atoms with Crippen molar-refractivity contribution in [1.82, 2.24) is 4.90 Å². The van der Waals surface area contributed by atoms with Crippen LogP contribution < -0.4 is 10.5 Å². The Bertz CT molecular complexity index is 404. The van der Waals surface area contributed by atoms with E-state index in [1.807, 2.05) is 6.07 Å². The molecule has 0 aliphatic heterocycles. The average Bonchev–Trinajstić information content (AvgIpc) is 2.42. The molecule has 0 amide bonds. The van der Waals surface area contributed by atoms with Crippen molar-refractivity contribution in [3.8, 4) is 5.75 Å². The summed E-state index contributed by atoms with van der Waals surface area (Å²) in [4.78, 5) is 2.41. The van der Waals surface area contributed by atoms with Crippen LogP contribution in [-0.4, -0.2) is 31.6 Å². The highest BCUT2D eigenvalue weighted by Crippen LogP contribution is 2.30. The Morgan fingerprint density at radius 1 is 1.40 bits per heavy atom. The van der Waals surface area contributed by atoms with Gasteiger partial charge in [-0.15, -0.1) is 0 Å². The van der Waals surface area contributed by atoms with Gasteiger partial charge >= 0.3 is 0 Å². The minimum absolute atomic E-state index is 0.292. The molecule has 1 atom stereocenters. The Morgan fingerprint density at radius 3 is 2.80 bits per heavy atom. The SMILES string of the molecule is CCCOc1cccc(C(CN)N(C)CC2CCC2)c1. The molecule has 2 rings (SSSR count). The number of benzene rings is 1. The Morgan fingerprint density at radius 2 is 2.20 bits per heavy atom. The molecule has 2 N–H and O–H groups in total. The van der Waals surface area contributed by atoms with Gasteiger partial charge in [-0.25, -0.2) is 0 Å². The topological polar surface area (TPSA) is 38.5 Å². The van der Waals surface area contributed by atoms with Crippen molar-refractivity contribution in [2.24, 2.45) is 11.7 Å². The first kappa shape index (κ1) is 15.3. The molecule has 1 saturated carbocycles. The molecule has 1 unspecified atom stereocenters. The average molecular weight is 276 g/mol. The van der Waals surface area contributed by atoms with E-state index in [1.165, 1.54) is 24.8 Å². The van der Waals surface area contributed by atoms with Gasteiger partial charge in [0, 0.05) is 19.1 Å². The molecule has 0 aromatic heterocycles. The molecule has 1 aromatic rings. The fraction of sp³-hybridized carbons (Fsp3) is 0.647. The van der Waals surface area contributed by atoms with E-state index < -0.39 is 0 Å². The van der Waals surface area contributed by atoms with Gasteiger partial charge in [-0.1, -0.05) is 25.5 Å². The van der Waals surface area contributed by atoms with Crippen LogP contribution >= 0.6 is 0 Å². The summed E-state index contributed by atoms with van der Waals surface area (Å²) in [7, 11) is 2.19. The molecule has 1 aliphatic carbocycles. The third-order valence-corrected chi connectivity index (χ3v) is 4.24. The van der Waals surface area contributed by atoms with Gasteiger partial charge in [0.2, 0.25) is 0 Å². The molecular weight excluding hydrogens is 248 g/mol. The Hall–Kier alpha value is -1.06. The summed E-state index contributed by atoms with van der Waals surface area (Å²) in [6.45, 7) is 4.70. The van der Waals surface area contributed by atoms with E-state index in [9.17, 15) is 0 Å². The van der Waals surface area contributed by atoms with E-state index >= 15 is 0 Å². The van der Waals surface area contributed by atoms with E-state index in [2.05, 4.69) is 37.1 Å². The highest BCUT2D eigenvalue weighted by molar-refractivity contribution is 5.30. The second kappa shape index (κ2) is 7.65. The smallest absolute Gasteiger partial charge is 0.119 e. The number of likely N-dealkylation sites (N-methyl/N-ethyl adjacent to an activating group) is 1. The van der Waals surface area contributed by atoms with Crippen LogP contribution in [-0.2, 0) is 0 Å². The summed E-state index contributed by atoms with van der Waals surface area (Å²) in [6, 6.07) is 8.69. The lowest BCUT2D eigenvalue weighted by Gasteiger charge is -2.34. The number of nitrogens with zero attached hydrogens (tertiary/aromatic N) is 1. The van der Waals surface area contributed by atoms with Crippen LogP contribution in [0.25, 0.3) is 0 Å². The standard InChI is InChI=1S/C17H28N2O/c1-3-10-20-16-9-5-8-15(11-16)17(12-18)19(2)13-14-6-4-7-14/h5,8-9,11,14,17H,3-4,6-7,10,12-13,18H2,1-2H3. The van der Waals surface area contributed by atoms with Crippen molar-refractivity contribution >= 4 is 0 Å². The minimum atomic E-state index is 0.292. The van der Waals surface area contributed by atoms with E-state index in [1.54, 1.807) is 0 Å². The maximum Gasteiger partial charge on any atom is 0.119 e. The third-order valence-electron chi connectivity index (χ3n) is 4.24. The van der Waals surface area contributed by atoms with Gasteiger partial charge in [0.15, 0.2) is 0 Å². The maximum absolute atomic E-state index is 6.01. The van der Waals surface area contributed by atoms with Gasteiger partial charge in [0.05, 0.1) is 6.61 Å². The fourth-order valence-corrected chi connectivity index (χ4v) is 2.81. The van der Waals surface area contributed by atoms with Crippen LogP contribution in [0.1, 0.15) is 44.2 Å². The van der Waals surface area contributed by atoms with Crippen LogP contribution in [0.5, 0.6) is 5.75 Å². The predicted octanol–water partition coefficient (Wildman–Crippen LogP) is 3.21. The number of nitrogens with two attached hydrogens (primary N) is 1. The Kier molecular flexibility index (Phi) is 5.86. The molecule has 3 heteroatoms. The van der Waals surface area contributed by atoms with Gasteiger partial charge in [-0.2, -0.15) is 0 Å². The van der Waals surface area contributed by atoms with Crippen LogP contribution in [0.2, 0.25) is 0 Å². The van der Waals surface area contributed by atoms with Crippen molar-refractivity contribution < 1.29 is 4.74 Å². The number of ether oxygens (including phenoxy) is 1. The predicted molar refractivity (Wildman–Crippen MR) is 84.0 cm³/mol. The summed E-state index contributed by atoms with van der Waals surface area (Å²) in [5, 5.41) is 0. The highest BCUT2D eigenvalue weighted by atomic mass is 16.5. The van der Waals surface area contributed by atoms with Gasteiger partial charge < -0.3 is 10.5 Å². The van der Waals surface area contributed by atoms with Gasteiger partial charge in [0.25, 0.3) is 0 Å². The first-order valence-corrected chi connectivity index (χ1v) is 7.87. The molecule has 112 valence electrons. The molecule has 0 saturated heterocycles. The number of hydrogen-bond donors (Lipinski definition) is 1. The molecule has 1 aliphatic rings. The summed E-state index contributed by atoms with van der Waals surface area (Å²) in [6.07, 6.45) is 5.18. The maximum atomic E-state index is 6.01. The zero-order chi connectivity index (χ0) is 14.4. The fourth-order valence-electron chi connectivity index (χ4n) is 2.81. The van der Waals surface area contributed by atoms with E-state index in [4.69, 9.17) is 10.5 Å². The van der Waals surface area contributed by atoms with Crippen molar-refractivity contribution in [3.63, 3.8) is 0 Å². The summed E-state index contributed by atoms with van der Waals surface area (Å²) < 4.78 is 5.72. The molecule has 1 aromatic carbocycles. The molecule has 20 heavy (non-hydrogen) atoms. The second-order valence-electron chi connectivity index (χ2n) is 5.91. The van der Waals surface area contributed by atoms with Crippen molar-refractivity contribution in [2.75, 3.05) is 26.7 Å². The van der Waals surface area contributed by atoms with Gasteiger partial charge in [-0.05, 0) is 49.9 Å². The second-order valence-corrected chi connectivity index (χ2v) is 5.91. The highest BCUT2D eigenvalue weighted by Gasteiger charge is 2.23. The Balaban J connectivity index is 2.01. The molecule has 3 nitrogen and oxygen atoms in total. The summed E-state index contributed by atoms with van der Waals surface area (Å²) in [5.41, 5.74) is 7.28. The molecule has 1 fully saturated rings. The van der Waals surface area contributed by atoms with Crippen LogP contribution in [0.4, 0.5) is 0 Å². The van der Waals surface area contributed by atoms with Crippen LogP contribution in [0, 0.1) is 5.92 Å². The molecule has 0 bridgehead atoms. The van der Waals surface area contributed by atoms with Crippen molar-refractivity contribution in [2.45, 2.75) is 38.6 Å². The molecule has 0 heterocycles. The van der Waals surface area contributed by atoms with Gasteiger partial charge in [-0.3, -0.25) is 4.90 Å². The van der Waals surface area contributed by atoms with Crippen molar-refractivity contribution in [1.29, 1.82) is 0 Å². The summed E-state index contributed by atoms with van der Waals surface area (Å²) >= 11 is 0. The number of hydrogen-bond acceptors (Lipinski definition) is 3. The van der Waals surface area contributed by atoms with E-state index in [0.29, 0.717) is 12.6 Å². The third kappa shape index (κ3) is 3.97. The Labute approximate surface area is 123 Å². The lowest BCUT2D eigenvalue weighted by atomic mass is 9.85. The zero-order valence-corrected chi connectivity index (χ0v) is 12.8. The lowest BCUT2D eigenvalue weighted by Crippen LogP contribution is -2.36. The largest absolute Gasteiger partial charge is 0.494 e. The van der Waals surface area contributed by atoms with Crippen LogP contribution in [0.15, 0.2) is 24.3 Å². The van der Waals surface area contributed by atoms with E-state index in [-0.39, 0.29) is 0 Å². The monoisotopic (exact) mass is 276 g/mol. The zero-order valence-electron chi connectivity index (χ0n) is 12.8. The first-order chi connectivity index (χ1) is 9.74.